The fourth-order valence-corrected chi connectivity index (χ4v) is 5.31. The Bertz CT molecular complexity index is 1870. The molecule has 0 saturated carbocycles. The topological polar surface area (TPSA) is 43.6 Å². The Balaban J connectivity index is 1.44. The van der Waals surface area contributed by atoms with Crippen molar-refractivity contribution in [2.45, 2.75) is 0 Å². The number of pyridine rings is 1. The highest BCUT2D eigenvalue weighted by atomic mass is 79.9. The highest BCUT2D eigenvalue weighted by molar-refractivity contribution is 9.10. The Kier molecular flexibility index (Phi) is 5.56. The summed E-state index contributed by atoms with van der Waals surface area (Å²) in [6.45, 7) is 0. The molecule has 0 bridgehead atoms. The molecule has 7 rings (SSSR count). The first-order chi connectivity index (χ1) is 18.7. The largest absolute Gasteiger partial charge is 0.294 e. The Morgan fingerprint density at radius 1 is 0.553 bits per heavy atom. The van der Waals surface area contributed by atoms with Crippen LogP contribution in [0.15, 0.2) is 132 Å². The number of nitrogens with zero attached hydrogens (tertiary/aromatic N) is 4. The lowest BCUT2D eigenvalue weighted by Gasteiger charge is -2.12. The van der Waals surface area contributed by atoms with E-state index in [0.717, 1.165) is 60.2 Å². The Hall–Kier alpha value is -4.61. The van der Waals surface area contributed by atoms with Crippen molar-refractivity contribution < 1.29 is 0 Å². The van der Waals surface area contributed by atoms with Crippen molar-refractivity contribution in [2.24, 2.45) is 0 Å². The van der Waals surface area contributed by atoms with Crippen molar-refractivity contribution >= 4 is 37.9 Å². The van der Waals surface area contributed by atoms with Gasteiger partial charge in [0.2, 0.25) is 0 Å². The highest BCUT2D eigenvalue weighted by Gasteiger charge is 2.15. The fraction of sp³-hybridized carbons (Fsp3) is 0. The molecule has 5 heteroatoms. The van der Waals surface area contributed by atoms with E-state index >= 15 is 0 Å². The van der Waals surface area contributed by atoms with Crippen LogP contribution in [0.3, 0.4) is 0 Å². The van der Waals surface area contributed by atoms with Crippen LogP contribution in [-0.2, 0) is 0 Å². The summed E-state index contributed by atoms with van der Waals surface area (Å²) in [5.74, 6) is 0.684. The fourth-order valence-electron chi connectivity index (χ4n) is 4.95. The van der Waals surface area contributed by atoms with Gasteiger partial charge in [0.25, 0.3) is 0 Å². The quantitative estimate of drug-likeness (QED) is 0.219. The minimum atomic E-state index is 0.684. The van der Waals surface area contributed by atoms with Gasteiger partial charge in [0.1, 0.15) is 5.65 Å². The zero-order valence-electron chi connectivity index (χ0n) is 20.3. The molecule has 0 aliphatic carbocycles. The van der Waals surface area contributed by atoms with E-state index in [2.05, 4.69) is 99.4 Å². The van der Waals surface area contributed by atoms with Crippen molar-refractivity contribution in [1.29, 1.82) is 0 Å². The first-order valence-corrected chi connectivity index (χ1v) is 13.2. The van der Waals surface area contributed by atoms with E-state index in [-0.39, 0.29) is 0 Å². The highest BCUT2D eigenvalue weighted by Crippen LogP contribution is 2.34. The normalized spacial score (nSPS) is 11.3. The molecule has 0 atom stereocenters. The van der Waals surface area contributed by atoms with Crippen molar-refractivity contribution in [3.8, 4) is 39.6 Å². The third-order valence-corrected chi connectivity index (χ3v) is 7.21. The molecule has 0 aliphatic heterocycles. The van der Waals surface area contributed by atoms with Gasteiger partial charge in [-0.1, -0.05) is 88.7 Å². The number of halogens is 1. The minimum absolute atomic E-state index is 0.684. The zero-order chi connectivity index (χ0) is 25.5. The second-order valence-corrected chi connectivity index (χ2v) is 10.0. The summed E-state index contributed by atoms with van der Waals surface area (Å²) < 4.78 is 3.25. The number of fused-ring (bicyclic) bond motifs is 3. The van der Waals surface area contributed by atoms with Gasteiger partial charge in [0.05, 0.1) is 16.9 Å². The average molecular weight is 553 g/mol. The van der Waals surface area contributed by atoms with Gasteiger partial charge < -0.3 is 0 Å². The van der Waals surface area contributed by atoms with Crippen LogP contribution in [0.4, 0.5) is 0 Å². The van der Waals surface area contributed by atoms with E-state index in [1.807, 2.05) is 48.7 Å². The predicted molar refractivity (Wildman–Crippen MR) is 158 cm³/mol. The standard InChI is InChI=1S/C33H21BrN4/c34-25-16-17-31-28(20-25)27-15-8-18-35-33(27)38(31)26-14-7-13-24(19-26)32-36-29(22-9-3-1-4-10-22)21-30(37-32)23-11-5-2-6-12-23/h1-21H. The van der Waals surface area contributed by atoms with Crippen molar-refractivity contribution in [1.82, 2.24) is 19.5 Å². The summed E-state index contributed by atoms with van der Waals surface area (Å²) >= 11 is 3.63. The van der Waals surface area contributed by atoms with Crippen LogP contribution in [0.1, 0.15) is 0 Å². The van der Waals surface area contributed by atoms with Gasteiger partial charge in [0.15, 0.2) is 5.82 Å². The molecule has 0 fully saturated rings. The molecule has 180 valence electrons. The van der Waals surface area contributed by atoms with E-state index in [4.69, 9.17) is 15.0 Å². The van der Waals surface area contributed by atoms with E-state index in [0.29, 0.717) is 5.82 Å². The second-order valence-electron chi connectivity index (χ2n) is 9.12. The van der Waals surface area contributed by atoms with Crippen LogP contribution in [0.2, 0.25) is 0 Å². The molecule has 0 spiro atoms. The predicted octanol–water partition coefficient (Wildman–Crippen LogP) is 8.73. The van der Waals surface area contributed by atoms with Crippen LogP contribution in [0, 0.1) is 0 Å². The van der Waals surface area contributed by atoms with Gasteiger partial charge in [-0.25, -0.2) is 15.0 Å². The van der Waals surface area contributed by atoms with Gasteiger partial charge in [-0.15, -0.1) is 0 Å². The molecule has 0 aliphatic rings. The maximum absolute atomic E-state index is 5.02. The average Bonchev–Trinajstić information content (AvgIpc) is 3.31. The van der Waals surface area contributed by atoms with Crippen LogP contribution >= 0.6 is 15.9 Å². The second kappa shape index (κ2) is 9.36. The lowest BCUT2D eigenvalue weighted by Crippen LogP contribution is -1.98. The Morgan fingerprint density at radius 2 is 1.24 bits per heavy atom. The number of hydrogen-bond donors (Lipinski definition) is 0. The molecule has 0 unspecified atom stereocenters. The number of benzene rings is 4. The smallest absolute Gasteiger partial charge is 0.160 e. The maximum Gasteiger partial charge on any atom is 0.160 e. The number of rotatable bonds is 4. The van der Waals surface area contributed by atoms with Gasteiger partial charge in [0, 0.05) is 43.8 Å². The summed E-state index contributed by atoms with van der Waals surface area (Å²) in [6.07, 6.45) is 1.84. The first-order valence-electron chi connectivity index (χ1n) is 12.4. The van der Waals surface area contributed by atoms with E-state index in [1.54, 1.807) is 0 Å². The molecule has 4 aromatic carbocycles. The van der Waals surface area contributed by atoms with Crippen LogP contribution in [0.25, 0.3) is 61.5 Å². The summed E-state index contributed by atoms with van der Waals surface area (Å²) in [7, 11) is 0. The Labute approximate surface area is 228 Å². The summed E-state index contributed by atoms with van der Waals surface area (Å²) in [5.41, 5.74) is 7.87. The zero-order valence-corrected chi connectivity index (χ0v) is 21.9. The van der Waals surface area contributed by atoms with Crippen LogP contribution in [0.5, 0.6) is 0 Å². The molecule has 0 amide bonds. The minimum Gasteiger partial charge on any atom is -0.294 e. The Morgan fingerprint density at radius 3 is 1.95 bits per heavy atom. The van der Waals surface area contributed by atoms with Gasteiger partial charge in [-0.05, 0) is 48.5 Å². The summed E-state index contributed by atoms with van der Waals surface area (Å²) in [5, 5.41) is 2.27. The number of aromatic nitrogens is 4. The van der Waals surface area contributed by atoms with Gasteiger partial charge >= 0.3 is 0 Å². The molecular formula is C33H21BrN4. The van der Waals surface area contributed by atoms with Crippen LogP contribution < -0.4 is 0 Å². The van der Waals surface area contributed by atoms with E-state index < -0.39 is 0 Å². The monoisotopic (exact) mass is 552 g/mol. The third kappa shape index (κ3) is 3.98. The SMILES string of the molecule is Brc1ccc2c(c1)c1cccnc1n2-c1cccc(-c2nc(-c3ccccc3)cc(-c3ccccc3)n2)c1. The molecule has 4 nitrogen and oxygen atoms in total. The molecule has 7 aromatic rings. The first kappa shape index (κ1) is 22.6. The molecule has 3 aromatic heterocycles. The van der Waals surface area contributed by atoms with E-state index in [1.165, 1.54) is 0 Å². The third-order valence-electron chi connectivity index (χ3n) is 6.72. The lowest BCUT2D eigenvalue weighted by molar-refractivity contribution is 1.13. The van der Waals surface area contributed by atoms with E-state index in [9.17, 15) is 0 Å². The molecular weight excluding hydrogens is 532 g/mol. The lowest BCUT2D eigenvalue weighted by atomic mass is 10.1. The number of hydrogen-bond acceptors (Lipinski definition) is 3. The maximum atomic E-state index is 5.02. The van der Waals surface area contributed by atoms with Crippen LogP contribution in [-0.4, -0.2) is 19.5 Å². The molecule has 0 saturated heterocycles. The van der Waals surface area contributed by atoms with Gasteiger partial charge in [-0.3, -0.25) is 4.57 Å². The summed E-state index contributed by atoms with van der Waals surface area (Å²) in [6, 6.07) is 41.4. The van der Waals surface area contributed by atoms with Gasteiger partial charge in [-0.2, -0.15) is 0 Å². The molecule has 38 heavy (non-hydrogen) atoms. The molecule has 0 N–H and O–H groups in total. The summed E-state index contributed by atoms with van der Waals surface area (Å²) in [4.78, 5) is 14.8. The van der Waals surface area contributed by atoms with Crippen molar-refractivity contribution in [3.63, 3.8) is 0 Å². The van der Waals surface area contributed by atoms with Crippen molar-refractivity contribution in [3.05, 3.63) is 132 Å². The van der Waals surface area contributed by atoms with Crippen molar-refractivity contribution in [2.75, 3.05) is 0 Å². The molecule has 0 radical (unpaired) electrons. The molecule has 3 heterocycles.